The summed E-state index contributed by atoms with van der Waals surface area (Å²) in [6.45, 7) is 6.70. The SMILES string of the molecule is CCOC(C)(C)CNc1ccc([N+](=O)[O-])c(C(=O)O)c1. The molecule has 0 atom stereocenters. The van der Waals surface area contributed by atoms with Gasteiger partial charge >= 0.3 is 5.97 Å². The van der Waals surface area contributed by atoms with Crippen LogP contribution in [0.1, 0.15) is 31.1 Å². The normalized spacial score (nSPS) is 11.2. The van der Waals surface area contributed by atoms with Crippen molar-refractivity contribution in [2.24, 2.45) is 0 Å². The highest BCUT2D eigenvalue weighted by Crippen LogP contribution is 2.23. The quantitative estimate of drug-likeness (QED) is 0.588. The van der Waals surface area contributed by atoms with Crippen LogP contribution in [0.25, 0.3) is 0 Å². The van der Waals surface area contributed by atoms with Crippen LogP contribution in [-0.2, 0) is 4.74 Å². The Morgan fingerprint density at radius 3 is 2.65 bits per heavy atom. The first-order valence-electron chi connectivity index (χ1n) is 6.16. The van der Waals surface area contributed by atoms with Crippen molar-refractivity contribution in [3.8, 4) is 0 Å². The number of carboxylic acid groups (broad SMARTS) is 1. The third kappa shape index (κ3) is 4.20. The number of nitro benzene ring substituents is 1. The van der Waals surface area contributed by atoms with E-state index in [9.17, 15) is 14.9 Å². The maximum Gasteiger partial charge on any atom is 0.342 e. The molecule has 0 aromatic heterocycles. The number of hydrogen-bond donors (Lipinski definition) is 2. The van der Waals surface area contributed by atoms with Gasteiger partial charge in [0.25, 0.3) is 5.69 Å². The zero-order chi connectivity index (χ0) is 15.3. The van der Waals surface area contributed by atoms with E-state index in [-0.39, 0.29) is 5.56 Å². The zero-order valence-corrected chi connectivity index (χ0v) is 11.7. The van der Waals surface area contributed by atoms with Gasteiger partial charge in [0.2, 0.25) is 0 Å². The van der Waals surface area contributed by atoms with Gasteiger partial charge < -0.3 is 15.2 Å². The number of nitrogens with one attached hydrogen (secondary N) is 1. The highest BCUT2D eigenvalue weighted by molar-refractivity contribution is 5.93. The molecule has 1 aromatic carbocycles. The van der Waals surface area contributed by atoms with Crippen molar-refractivity contribution in [3.05, 3.63) is 33.9 Å². The average Bonchev–Trinajstić information content (AvgIpc) is 2.35. The Hall–Kier alpha value is -2.15. The van der Waals surface area contributed by atoms with Gasteiger partial charge in [0.15, 0.2) is 0 Å². The molecule has 0 bridgehead atoms. The van der Waals surface area contributed by atoms with Gasteiger partial charge in [-0.2, -0.15) is 0 Å². The van der Waals surface area contributed by atoms with E-state index in [1.165, 1.54) is 18.2 Å². The molecule has 0 saturated carbocycles. The maximum atomic E-state index is 11.0. The van der Waals surface area contributed by atoms with Gasteiger partial charge in [-0.1, -0.05) is 0 Å². The summed E-state index contributed by atoms with van der Waals surface area (Å²) in [5.74, 6) is -1.33. The average molecular weight is 282 g/mol. The first kappa shape index (κ1) is 15.9. The minimum Gasteiger partial charge on any atom is -0.477 e. The molecular formula is C13H18N2O5. The van der Waals surface area contributed by atoms with E-state index in [0.717, 1.165) is 0 Å². The van der Waals surface area contributed by atoms with Gasteiger partial charge in [-0.05, 0) is 32.9 Å². The number of nitrogens with zero attached hydrogens (tertiary/aromatic N) is 1. The van der Waals surface area contributed by atoms with Crippen molar-refractivity contribution in [1.29, 1.82) is 0 Å². The molecule has 110 valence electrons. The highest BCUT2D eigenvalue weighted by atomic mass is 16.6. The molecule has 0 fully saturated rings. The van der Waals surface area contributed by atoms with Crippen LogP contribution in [0.4, 0.5) is 11.4 Å². The Morgan fingerprint density at radius 2 is 2.15 bits per heavy atom. The van der Waals surface area contributed by atoms with Crippen LogP contribution in [0.5, 0.6) is 0 Å². The number of carboxylic acids is 1. The second kappa shape index (κ2) is 6.33. The Bertz CT molecular complexity index is 513. The topological polar surface area (TPSA) is 102 Å². The largest absolute Gasteiger partial charge is 0.477 e. The number of benzene rings is 1. The van der Waals surface area contributed by atoms with Crippen LogP contribution in [-0.4, -0.2) is 34.8 Å². The molecule has 0 radical (unpaired) electrons. The van der Waals surface area contributed by atoms with E-state index in [0.29, 0.717) is 18.8 Å². The van der Waals surface area contributed by atoms with Crippen LogP contribution >= 0.6 is 0 Å². The minimum atomic E-state index is -1.33. The molecule has 2 N–H and O–H groups in total. The molecule has 7 heteroatoms. The third-order valence-corrected chi connectivity index (χ3v) is 2.68. The fraction of sp³-hybridized carbons (Fsp3) is 0.462. The highest BCUT2D eigenvalue weighted by Gasteiger charge is 2.21. The molecule has 0 saturated heterocycles. The van der Waals surface area contributed by atoms with E-state index in [1.807, 2.05) is 20.8 Å². The summed E-state index contributed by atoms with van der Waals surface area (Å²) in [6, 6.07) is 3.91. The summed E-state index contributed by atoms with van der Waals surface area (Å²) in [6.07, 6.45) is 0. The number of anilines is 1. The Morgan fingerprint density at radius 1 is 1.50 bits per heavy atom. The van der Waals surface area contributed by atoms with E-state index in [2.05, 4.69) is 5.32 Å². The lowest BCUT2D eigenvalue weighted by molar-refractivity contribution is -0.385. The molecule has 0 aliphatic heterocycles. The lowest BCUT2D eigenvalue weighted by Crippen LogP contribution is -2.33. The number of hydrogen-bond acceptors (Lipinski definition) is 5. The van der Waals surface area contributed by atoms with Gasteiger partial charge in [0, 0.05) is 24.9 Å². The standard InChI is InChI=1S/C13H18N2O5/c1-4-20-13(2,3)8-14-9-5-6-11(15(18)19)10(7-9)12(16)17/h5-7,14H,4,8H2,1-3H3,(H,16,17). The Labute approximate surface area is 116 Å². The van der Waals surface area contributed by atoms with Crippen LogP contribution in [0.2, 0.25) is 0 Å². The molecular weight excluding hydrogens is 264 g/mol. The molecule has 0 spiro atoms. The molecule has 0 amide bonds. The lowest BCUT2D eigenvalue weighted by atomic mass is 10.1. The Balaban J connectivity index is 2.91. The van der Waals surface area contributed by atoms with Crippen LogP contribution in [0, 0.1) is 10.1 Å². The minimum absolute atomic E-state index is 0.339. The van der Waals surface area contributed by atoms with Gasteiger partial charge in [-0.25, -0.2) is 4.79 Å². The first-order chi connectivity index (χ1) is 9.26. The third-order valence-electron chi connectivity index (χ3n) is 2.68. The van der Waals surface area contributed by atoms with Crippen molar-refractivity contribution < 1.29 is 19.6 Å². The van der Waals surface area contributed by atoms with Crippen LogP contribution < -0.4 is 5.32 Å². The second-order valence-corrected chi connectivity index (χ2v) is 4.84. The predicted octanol–water partition coefficient (Wildman–Crippen LogP) is 2.52. The fourth-order valence-electron chi connectivity index (χ4n) is 1.73. The van der Waals surface area contributed by atoms with E-state index in [1.54, 1.807) is 0 Å². The number of nitro groups is 1. The molecule has 1 rings (SSSR count). The smallest absolute Gasteiger partial charge is 0.342 e. The maximum absolute atomic E-state index is 11.0. The summed E-state index contributed by atoms with van der Waals surface area (Å²) >= 11 is 0. The van der Waals surface area contributed by atoms with Crippen LogP contribution in [0.15, 0.2) is 18.2 Å². The monoisotopic (exact) mass is 282 g/mol. The van der Waals surface area contributed by atoms with Gasteiger partial charge in [0.05, 0.1) is 10.5 Å². The summed E-state index contributed by atoms with van der Waals surface area (Å²) in [7, 11) is 0. The van der Waals surface area contributed by atoms with E-state index >= 15 is 0 Å². The summed E-state index contributed by atoms with van der Waals surface area (Å²) in [4.78, 5) is 21.1. The number of aromatic carboxylic acids is 1. The molecule has 0 aliphatic carbocycles. The zero-order valence-electron chi connectivity index (χ0n) is 11.7. The molecule has 7 nitrogen and oxygen atoms in total. The second-order valence-electron chi connectivity index (χ2n) is 4.84. The summed E-state index contributed by atoms with van der Waals surface area (Å²) in [5, 5.41) is 22.8. The van der Waals surface area contributed by atoms with Crippen molar-refractivity contribution in [2.75, 3.05) is 18.5 Å². The van der Waals surface area contributed by atoms with Crippen molar-refractivity contribution in [2.45, 2.75) is 26.4 Å². The summed E-state index contributed by atoms with van der Waals surface area (Å²) in [5.41, 5.74) is -0.679. The predicted molar refractivity (Wildman–Crippen MR) is 74.3 cm³/mol. The van der Waals surface area contributed by atoms with E-state index < -0.39 is 22.2 Å². The van der Waals surface area contributed by atoms with Gasteiger partial charge in [0.1, 0.15) is 5.56 Å². The number of carbonyl (C=O) groups is 1. The molecule has 0 unspecified atom stereocenters. The van der Waals surface area contributed by atoms with Crippen molar-refractivity contribution in [1.82, 2.24) is 0 Å². The van der Waals surface area contributed by atoms with Gasteiger partial charge in [-0.15, -0.1) is 0 Å². The molecule has 0 aliphatic rings. The molecule has 0 heterocycles. The number of ether oxygens (including phenoxy) is 1. The van der Waals surface area contributed by atoms with Crippen LogP contribution in [0.3, 0.4) is 0 Å². The molecule has 20 heavy (non-hydrogen) atoms. The number of rotatable bonds is 7. The molecule has 1 aromatic rings. The lowest BCUT2D eigenvalue weighted by Gasteiger charge is -2.25. The van der Waals surface area contributed by atoms with Crippen molar-refractivity contribution in [3.63, 3.8) is 0 Å². The van der Waals surface area contributed by atoms with E-state index in [4.69, 9.17) is 9.84 Å². The Kier molecular flexibility index (Phi) is 5.04. The first-order valence-corrected chi connectivity index (χ1v) is 6.16. The van der Waals surface area contributed by atoms with Crippen molar-refractivity contribution >= 4 is 17.3 Å². The summed E-state index contributed by atoms with van der Waals surface area (Å²) < 4.78 is 5.50. The van der Waals surface area contributed by atoms with Gasteiger partial charge in [-0.3, -0.25) is 10.1 Å². The fourth-order valence-corrected chi connectivity index (χ4v) is 1.73.